The van der Waals surface area contributed by atoms with Crippen molar-refractivity contribution in [3.8, 4) is 0 Å². The number of guanidine groups is 1. The van der Waals surface area contributed by atoms with Gasteiger partial charge in [0, 0.05) is 44.5 Å². The number of nitrogens with one attached hydrogen (secondary N) is 2. The van der Waals surface area contributed by atoms with Crippen LogP contribution in [0.1, 0.15) is 18.4 Å². The molecule has 1 aliphatic heterocycles. The molecule has 1 saturated heterocycles. The molecule has 1 aliphatic rings. The van der Waals surface area contributed by atoms with E-state index in [1.54, 1.807) is 19.2 Å². The van der Waals surface area contributed by atoms with Crippen LogP contribution in [0, 0.1) is 17.5 Å². The number of anilines is 1. The first-order chi connectivity index (χ1) is 13.5. The molecule has 0 spiro atoms. The Balaban J connectivity index is 0.00000300. The summed E-state index contributed by atoms with van der Waals surface area (Å²) >= 11 is 0. The third-order valence-corrected chi connectivity index (χ3v) is 4.93. The van der Waals surface area contributed by atoms with Crippen LogP contribution in [-0.4, -0.2) is 38.7 Å². The van der Waals surface area contributed by atoms with Crippen molar-refractivity contribution in [2.45, 2.75) is 25.3 Å². The quantitative estimate of drug-likeness (QED) is 0.356. The number of hydrogen-bond acceptors (Lipinski definition) is 2. The Kier molecular flexibility index (Phi) is 9.06. The van der Waals surface area contributed by atoms with Gasteiger partial charge in [0.15, 0.2) is 5.96 Å². The third-order valence-electron chi connectivity index (χ3n) is 4.93. The van der Waals surface area contributed by atoms with Gasteiger partial charge < -0.3 is 15.5 Å². The van der Waals surface area contributed by atoms with E-state index >= 15 is 0 Å². The molecule has 0 atom stereocenters. The number of rotatable bonds is 5. The van der Waals surface area contributed by atoms with Crippen LogP contribution in [-0.2, 0) is 6.42 Å². The summed E-state index contributed by atoms with van der Waals surface area (Å²) in [4.78, 5) is 6.39. The van der Waals surface area contributed by atoms with E-state index in [0.717, 1.165) is 37.7 Å². The minimum atomic E-state index is -0.573. The number of aliphatic imine (C=N–C) groups is 1. The predicted octanol–water partition coefficient (Wildman–Crippen LogP) is 4.10. The van der Waals surface area contributed by atoms with Crippen molar-refractivity contribution in [1.82, 2.24) is 10.6 Å². The molecule has 0 aliphatic carbocycles. The van der Waals surface area contributed by atoms with Gasteiger partial charge >= 0.3 is 0 Å². The lowest BCUT2D eigenvalue weighted by atomic mass is 10.0. The van der Waals surface area contributed by atoms with Gasteiger partial charge in [-0.05, 0) is 49.1 Å². The summed E-state index contributed by atoms with van der Waals surface area (Å²) in [5.41, 5.74) is 1.37. The lowest BCUT2D eigenvalue weighted by Crippen LogP contribution is -2.49. The van der Waals surface area contributed by atoms with Crippen molar-refractivity contribution >= 4 is 35.6 Å². The first kappa shape index (κ1) is 23.3. The number of benzene rings is 2. The molecule has 29 heavy (non-hydrogen) atoms. The van der Waals surface area contributed by atoms with Crippen molar-refractivity contribution in [3.63, 3.8) is 0 Å². The first-order valence-corrected chi connectivity index (χ1v) is 9.47. The van der Waals surface area contributed by atoms with Crippen LogP contribution in [0.5, 0.6) is 0 Å². The van der Waals surface area contributed by atoms with E-state index in [1.807, 2.05) is 6.07 Å². The molecule has 0 aromatic heterocycles. The maximum Gasteiger partial charge on any atom is 0.191 e. The highest BCUT2D eigenvalue weighted by Crippen LogP contribution is 2.20. The van der Waals surface area contributed by atoms with E-state index in [4.69, 9.17) is 0 Å². The van der Waals surface area contributed by atoms with Gasteiger partial charge in [-0.15, -0.1) is 24.0 Å². The van der Waals surface area contributed by atoms with Crippen molar-refractivity contribution in [2.24, 2.45) is 4.99 Å². The molecule has 0 radical (unpaired) electrons. The van der Waals surface area contributed by atoms with Crippen LogP contribution in [0.25, 0.3) is 0 Å². The first-order valence-electron chi connectivity index (χ1n) is 9.47. The molecule has 0 saturated carbocycles. The summed E-state index contributed by atoms with van der Waals surface area (Å²) in [7, 11) is 1.69. The van der Waals surface area contributed by atoms with Crippen LogP contribution in [0.15, 0.2) is 47.5 Å². The molecule has 2 N–H and O–H groups in total. The molecule has 4 nitrogen and oxygen atoms in total. The largest absolute Gasteiger partial charge is 0.371 e. The second kappa shape index (κ2) is 11.3. The van der Waals surface area contributed by atoms with Crippen LogP contribution in [0.3, 0.4) is 0 Å². The monoisotopic (exact) mass is 518 g/mol. The standard InChI is InChI=1S/C21H25F3N4.HI/c1-25-21(26-10-7-15-5-6-17(23)14-20(15)24)27-18-8-11-28(12-9-18)19-4-2-3-16(22)13-19;/h2-6,13-14,18H,7-12H2,1H3,(H2,25,26,27);1H. The SMILES string of the molecule is CN=C(NCCc1ccc(F)cc1F)NC1CCN(c2cccc(F)c2)CC1.I. The van der Waals surface area contributed by atoms with E-state index in [1.165, 1.54) is 18.2 Å². The fourth-order valence-electron chi connectivity index (χ4n) is 3.38. The summed E-state index contributed by atoms with van der Waals surface area (Å²) in [6.07, 6.45) is 2.25. The second-order valence-electron chi connectivity index (χ2n) is 6.87. The maximum atomic E-state index is 13.7. The highest BCUT2D eigenvalue weighted by Gasteiger charge is 2.20. The number of nitrogens with zero attached hydrogens (tertiary/aromatic N) is 2. The Bertz CT molecular complexity index is 823. The van der Waals surface area contributed by atoms with Crippen molar-refractivity contribution < 1.29 is 13.2 Å². The fraction of sp³-hybridized carbons (Fsp3) is 0.381. The topological polar surface area (TPSA) is 39.7 Å². The van der Waals surface area contributed by atoms with Gasteiger partial charge in [0.05, 0.1) is 0 Å². The zero-order chi connectivity index (χ0) is 19.9. The van der Waals surface area contributed by atoms with E-state index in [0.29, 0.717) is 24.5 Å². The van der Waals surface area contributed by atoms with Gasteiger partial charge in [-0.1, -0.05) is 12.1 Å². The van der Waals surface area contributed by atoms with Gasteiger partial charge in [0.25, 0.3) is 0 Å². The number of halogens is 4. The molecule has 158 valence electrons. The zero-order valence-corrected chi connectivity index (χ0v) is 18.6. The summed E-state index contributed by atoms with van der Waals surface area (Å²) in [5, 5.41) is 6.56. The Hall–Kier alpha value is -1.97. The molecular weight excluding hydrogens is 492 g/mol. The highest BCUT2D eigenvalue weighted by atomic mass is 127. The lowest BCUT2D eigenvalue weighted by molar-refractivity contribution is 0.461. The van der Waals surface area contributed by atoms with E-state index < -0.39 is 11.6 Å². The number of hydrogen-bond donors (Lipinski definition) is 2. The van der Waals surface area contributed by atoms with Crippen molar-refractivity contribution in [2.75, 3.05) is 31.6 Å². The maximum absolute atomic E-state index is 13.7. The smallest absolute Gasteiger partial charge is 0.191 e. The average molecular weight is 518 g/mol. The molecule has 2 aromatic rings. The normalized spacial score (nSPS) is 15.0. The van der Waals surface area contributed by atoms with Gasteiger partial charge in [-0.2, -0.15) is 0 Å². The van der Waals surface area contributed by atoms with E-state index in [-0.39, 0.29) is 35.8 Å². The Morgan fingerprint density at radius 2 is 1.79 bits per heavy atom. The summed E-state index contributed by atoms with van der Waals surface area (Å²) in [5.74, 6) is -0.669. The molecule has 0 unspecified atom stereocenters. The van der Waals surface area contributed by atoms with Gasteiger partial charge in [-0.25, -0.2) is 13.2 Å². The molecule has 1 fully saturated rings. The van der Waals surface area contributed by atoms with Crippen LogP contribution >= 0.6 is 24.0 Å². The Morgan fingerprint density at radius 1 is 1.07 bits per heavy atom. The van der Waals surface area contributed by atoms with E-state index in [2.05, 4.69) is 20.5 Å². The number of piperidine rings is 1. The highest BCUT2D eigenvalue weighted by molar-refractivity contribution is 14.0. The predicted molar refractivity (Wildman–Crippen MR) is 122 cm³/mol. The zero-order valence-electron chi connectivity index (χ0n) is 16.3. The molecule has 8 heteroatoms. The van der Waals surface area contributed by atoms with Crippen molar-refractivity contribution in [1.29, 1.82) is 0 Å². The molecule has 0 amide bonds. The molecule has 0 bridgehead atoms. The molecule has 1 heterocycles. The van der Waals surface area contributed by atoms with Crippen LogP contribution < -0.4 is 15.5 Å². The molecule has 2 aromatic carbocycles. The average Bonchev–Trinajstić information content (AvgIpc) is 2.69. The van der Waals surface area contributed by atoms with Crippen LogP contribution in [0.2, 0.25) is 0 Å². The minimum absolute atomic E-state index is 0. The summed E-state index contributed by atoms with van der Waals surface area (Å²) in [6, 6.07) is 10.5. The summed E-state index contributed by atoms with van der Waals surface area (Å²) in [6.45, 7) is 2.15. The Labute approximate surface area is 186 Å². The van der Waals surface area contributed by atoms with Gasteiger partial charge in [-0.3, -0.25) is 4.99 Å². The lowest BCUT2D eigenvalue weighted by Gasteiger charge is -2.34. The fourth-order valence-corrected chi connectivity index (χ4v) is 3.38. The van der Waals surface area contributed by atoms with Crippen LogP contribution in [0.4, 0.5) is 18.9 Å². The molecular formula is C21H26F3IN4. The van der Waals surface area contributed by atoms with Crippen molar-refractivity contribution in [3.05, 3.63) is 65.5 Å². The summed E-state index contributed by atoms with van der Waals surface area (Å²) < 4.78 is 40.0. The van der Waals surface area contributed by atoms with Gasteiger partial charge in [0.1, 0.15) is 17.5 Å². The third kappa shape index (κ3) is 6.80. The second-order valence-corrected chi connectivity index (χ2v) is 6.87. The van der Waals surface area contributed by atoms with E-state index in [9.17, 15) is 13.2 Å². The van der Waals surface area contributed by atoms with Gasteiger partial charge in [0.2, 0.25) is 0 Å². The Morgan fingerprint density at radius 3 is 2.45 bits per heavy atom. The minimum Gasteiger partial charge on any atom is -0.371 e. The molecule has 3 rings (SSSR count).